The number of rotatable bonds is 5. The number of hydrogen-bond donors (Lipinski definition) is 2. The number of hydrogen-bond acceptors (Lipinski definition) is 4. The highest BCUT2D eigenvalue weighted by atomic mass is 16.5. The van der Waals surface area contributed by atoms with Gasteiger partial charge in [-0.25, -0.2) is 4.98 Å². The summed E-state index contributed by atoms with van der Waals surface area (Å²) in [6.07, 6.45) is 2.33. The molecular weight excluding hydrogens is 228 g/mol. The summed E-state index contributed by atoms with van der Waals surface area (Å²) in [5.74, 6) is 1.26. The summed E-state index contributed by atoms with van der Waals surface area (Å²) >= 11 is 0. The third-order valence-electron chi connectivity index (χ3n) is 2.58. The predicted molar refractivity (Wildman–Crippen MR) is 69.4 cm³/mol. The molecule has 0 saturated heterocycles. The van der Waals surface area contributed by atoms with E-state index in [1.54, 1.807) is 6.20 Å². The van der Waals surface area contributed by atoms with Crippen molar-refractivity contribution in [3.8, 4) is 11.6 Å². The smallest absolute Gasteiger partial charge is 0.219 e. The molecule has 0 aliphatic carbocycles. The van der Waals surface area contributed by atoms with Crippen LogP contribution in [-0.4, -0.2) is 16.7 Å². The third-order valence-corrected chi connectivity index (χ3v) is 2.58. The van der Waals surface area contributed by atoms with Gasteiger partial charge >= 0.3 is 0 Å². The molecule has 0 aliphatic heterocycles. The van der Waals surface area contributed by atoms with Crippen LogP contribution in [0.1, 0.15) is 11.1 Å². The molecule has 0 radical (unpaired) electrons. The normalized spacial score (nSPS) is 10.3. The van der Waals surface area contributed by atoms with Crippen LogP contribution >= 0.6 is 0 Å². The van der Waals surface area contributed by atoms with Crippen LogP contribution in [0.25, 0.3) is 0 Å². The number of aromatic nitrogens is 1. The lowest BCUT2D eigenvalue weighted by atomic mass is 10.1. The fourth-order valence-electron chi connectivity index (χ4n) is 1.61. The first-order valence-electron chi connectivity index (χ1n) is 5.84. The van der Waals surface area contributed by atoms with Crippen molar-refractivity contribution in [3.05, 3.63) is 53.7 Å². The standard InChI is InChI=1S/C14H16N2O2/c15-10-12-5-7-16-14(9-12)18-13-3-1-11(2-4-13)6-8-17/h1-5,7,9,17H,6,8,10,15H2. The SMILES string of the molecule is NCc1ccnc(Oc2ccc(CCO)cc2)c1. The topological polar surface area (TPSA) is 68.4 Å². The Morgan fingerprint density at radius 3 is 2.56 bits per heavy atom. The third kappa shape index (κ3) is 3.29. The Balaban J connectivity index is 2.08. The molecule has 18 heavy (non-hydrogen) atoms. The van der Waals surface area contributed by atoms with Crippen molar-refractivity contribution in [2.45, 2.75) is 13.0 Å². The van der Waals surface area contributed by atoms with Gasteiger partial charge in [-0.1, -0.05) is 12.1 Å². The molecule has 0 aliphatic rings. The Kier molecular flexibility index (Phi) is 4.28. The molecule has 0 fully saturated rings. The number of benzene rings is 1. The van der Waals surface area contributed by atoms with Gasteiger partial charge in [0.2, 0.25) is 5.88 Å². The van der Waals surface area contributed by atoms with Gasteiger partial charge < -0.3 is 15.6 Å². The molecule has 1 heterocycles. The van der Waals surface area contributed by atoms with E-state index in [9.17, 15) is 0 Å². The Bertz CT molecular complexity index is 497. The van der Waals surface area contributed by atoms with E-state index >= 15 is 0 Å². The van der Waals surface area contributed by atoms with E-state index in [4.69, 9.17) is 15.6 Å². The van der Waals surface area contributed by atoms with Crippen molar-refractivity contribution >= 4 is 0 Å². The molecule has 0 amide bonds. The maximum Gasteiger partial charge on any atom is 0.219 e. The van der Waals surface area contributed by atoms with Crippen molar-refractivity contribution in [1.29, 1.82) is 0 Å². The molecule has 1 aromatic heterocycles. The zero-order chi connectivity index (χ0) is 12.8. The largest absolute Gasteiger partial charge is 0.439 e. The van der Waals surface area contributed by atoms with E-state index in [1.807, 2.05) is 36.4 Å². The molecular formula is C14H16N2O2. The molecule has 0 saturated carbocycles. The van der Waals surface area contributed by atoms with Crippen LogP contribution in [0.3, 0.4) is 0 Å². The van der Waals surface area contributed by atoms with Gasteiger partial charge in [-0.05, 0) is 35.7 Å². The van der Waals surface area contributed by atoms with Crippen LogP contribution in [-0.2, 0) is 13.0 Å². The molecule has 0 atom stereocenters. The Morgan fingerprint density at radius 2 is 1.89 bits per heavy atom. The fraction of sp³-hybridized carbons (Fsp3) is 0.214. The van der Waals surface area contributed by atoms with Crippen LogP contribution in [0, 0.1) is 0 Å². The van der Waals surface area contributed by atoms with Gasteiger partial charge in [0, 0.05) is 25.4 Å². The van der Waals surface area contributed by atoms with Crippen molar-refractivity contribution in [1.82, 2.24) is 4.98 Å². The van der Waals surface area contributed by atoms with Gasteiger partial charge in [0.15, 0.2) is 0 Å². The number of nitrogens with zero attached hydrogens (tertiary/aromatic N) is 1. The van der Waals surface area contributed by atoms with Crippen molar-refractivity contribution in [3.63, 3.8) is 0 Å². The van der Waals surface area contributed by atoms with Gasteiger partial charge in [0.1, 0.15) is 5.75 Å². The number of aliphatic hydroxyl groups is 1. The van der Waals surface area contributed by atoms with Gasteiger partial charge in [-0.3, -0.25) is 0 Å². The molecule has 4 heteroatoms. The lowest BCUT2D eigenvalue weighted by Crippen LogP contribution is -1.97. The highest BCUT2D eigenvalue weighted by Crippen LogP contribution is 2.20. The second kappa shape index (κ2) is 6.14. The summed E-state index contributed by atoms with van der Waals surface area (Å²) in [5.41, 5.74) is 7.62. The predicted octanol–water partition coefficient (Wildman–Crippen LogP) is 1.87. The maximum absolute atomic E-state index is 8.83. The molecule has 3 N–H and O–H groups in total. The second-order valence-corrected chi connectivity index (χ2v) is 3.93. The minimum Gasteiger partial charge on any atom is -0.439 e. The number of pyridine rings is 1. The average Bonchev–Trinajstić information content (AvgIpc) is 2.42. The molecule has 2 aromatic rings. The van der Waals surface area contributed by atoms with E-state index in [0.717, 1.165) is 16.9 Å². The van der Waals surface area contributed by atoms with Gasteiger partial charge in [-0.15, -0.1) is 0 Å². The fourth-order valence-corrected chi connectivity index (χ4v) is 1.61. The maximum atomic E-state index is 8.83. The summed E-state index contributed by atoms with van der Waals surface area (Å²) in [6.45, 7) is 0.620. The first-order chi connectivity index (χ1) is 8.81. The molecule has 0 unspecified atom stereocenters. The highest BCUT2D eigenvalue weighted by molar-refractivity contribution is 5.31. The van der Waals surface area contributed by atoms with Crippen molar-refractivity contribution < 1.29 is 9.84 Å². The van der Waals surface area contributed by atoms with E-state index in [0.29, 0.717) is 18.8 Å². The number of aliphatic hydroxyl groups excluding tert-OH is 1. The summed E-state index contributed by atoms with van der Waals surface area (Å²) in [4.78, 5) is 4.12. The van der Waals surface area contributed by atoms with E-state index in [1.165, 1.54) is 0 Å². The molecule has 4 nitrogen and oxygen atoms in total. The zero-order valence-corrected chi connectivity index (χ0v) is 10.0. The lowest BCUT2D eigenvalue weighted by Gasteiger charge is -2.06. The number of nitrogens with two attached hydrogens (primary N) is 1. The molecule has 0 bridgehead atoms. The van der Waals surface area contributed by atoms with Gasteiger partial charge in [0.25, 0.3) is 0 Å². The Morgan fingerprint density at radius 1 is 1.11 bits per heavy atom. The minimum absolute atomic E-state index is 0.153. The van der Waals surface area contributed by atoms with Crippen molar-refractivity contribution in [2.75, 3.05) is 6.61 Å². The first-order valence-corrected chi connectivity index (χ1v) is 5.84. The van der Waals surface area contributed by atoms with Crippen LogP contribution in [0.5, 0.6) is 11.6 Å². The molecule has 0 spiro atoms. The minimum atomic E-state index is 0.153. The van der Waals surface area contributed by atoms with E-state index in [-0.39, 0.29) is 6.61 Å². The summed E-state index contributed by atoms with van der Waals surface area (Å²) in [5, 5.41) is 8.83. The van der Waals surface area contributed by atoms with Gasteiger partial charge in [-0.2, -0.15) is 0 Å². The summed E-state index contributed by atoms with van der Waals surface area (Å²) < 4.78 is 5.62. The Labute approximate surface area is 106 Å². The molecule has 94 valence electrons. The average molecular weight is 244 g/mol. The molecule has 2 rings (SSSR count). The monoisotopic (exact) mass is 244 g/mol. The van der Waals surface area contributed by atoms with E-state index in [2.05, 4.69) is 4.98 Å². The summed E-state index contributed by atoms with van der Waals surface area (Å²) in [6, 6.07) is 11.3. The number of ether oxygens (including phenoxy) is 1. The van der Waals surface area contributed by atoms with Crippen LogP contribution < -0.4 is 10.5 Å². The molecule has 1 aromatic carbocycles. The van der Waals surface area contributed by atoms with Gasteiger partial charge in [0.05, 0.1) is 0 Å². The Hall–Kier alpha value is -1.91. The van der Waals surface area contributed by atoms with Crippen LogP contribution in [0.15, 0.2) is 42.6 Å². The first kappa shape index (κ1) is 12.5. The second-order valence-electron chi connectivity index (χ2n) is 3.93. The lowest BCUT2D eigenvalue weighted by molar-refractivity contribution is 0.299. The van der Waals surface area contributed by atoms with E-state index < -0.39 is 0 Å². The zero-order valence-electron chi connectivity index (χ0n) is 10.0. The summed E-state index contributed by atoms with van der Waals surface area (Å²) in [7, 11) is 0. The van der Waals surface area contributed by atoms with Crippen LogP contribution in [0.2, 0.25) is 0 Å². The van der Waals surface area contributed by atoms with Crippen molar-refractivity contribution in [2.24, 2.45) is 5.73 Å². The quantitative estimate of drug-likeness (QED) is 0.842. The van der Waals surface area contributed by atoms with Crippen LogP contribution in [0.4, 0.5) is 0 Å². The highest BCUT2D eigenvalue weighted by Gasteiger charge is 2.00.